The minimum atomic E-state index is -1.20. The fraction of sp³-hybridized carbons (Fsp3) is 0.600. The van der Waals surface area contributed by atoms with Gasteiger partial charge in [-0.05, 0) is 38.7 Å². The molecule has 4 fully saturated rings. The number of ether oxygens (including phenoxy) is 1. The number of anilines is 1. The standard InChI is InChI=1S/C25H34FN9O4/c1-3-39-21-13-29-20(12-30-21)32-23(36)33(2)18-14-34(10-6-17(18)26)35-15-25(22-27-8-4-9-28-22)7-5-16(35)11-19(25)31-24(37)38/h4,8-9,12-13,16-19,31H,3,5-7,10-11,14-15H2,1-2H3,(H,37,38)(H,29,32,36)/t16?,17-,18+,19+,25?/m1/s1. The molecule has 2 aromatic rings. The van der Waals surface area contributed by atoms with Crippen molar-refractivity contribution >= 4 is 17.9 Å². The van der Waals surface area contributed by atoms with Gasteiger partial charge in [-0.3, -0.25) is 5.32 Å². The van der Waals surface area contributed by atoms with Gasteiger partial charge in [-0.25, -0.2) is 43.9 Å². The Labute approximate surface area is 225 Å². The molecule has 4 aliphatic rings. The summed E-state index contributed by atoms with van der Waals surface area (Å²) in [5.74, 6) is 1.20. The summed E-state index contributed by atoms with van der Waals surface area (Å²) in [6, 6.07) is 0.324. The monoisotopic (exact) mass is 543 g/mol. The van der Waals surface area contributed by atoms with Crippen molar-refractivity contribution in [2.24, 2.45) is 0 Å². The Balaban J connectivity index is 1.30. The molecule has 3 aliphatic heterocycles. The van der Waals surface area contributed by atoms with Gasteiger partial charge >= 0.3 is 12.1 Å². The van der Waals surface area contributed by atoms with Crippen molar-refractivity contribution < 1.29 is 23.8 Å². The van der Waals surface area contributed by atoms with Crippen LogP contribution in [0.2, 0.25) is 0 Å². The fourth-order valence-electron chi connectivity index (χ4n) is 6.10. The van der Waals surface area contributed by atoms with Gasteiger partial charge in [0.05, 0.1) is 30.5 Å². The number of carboxylic acid groups (broad SMARTS) is 1. The lowest BCUT2D eigenvalue weighted by atomic mass is 9.64. The molecule has 6 rings (SSSR count). The van der Waals surface area contributed by atoms with Crippen molar-refractivity contribution in [1.82, 2.24) is 40.2 Å². The first kappa shape index (κ1) is 26.9. The van der Waals surface area contributed by atoms with Gasteiger partial charge in [0, 0.05) is 51.2 Å². The number of carbonyl (C=O) groups is 2. The third-order valence-electron chi connectivity index (χ3n) is 8.09. The number of hydrazine groups is 1. The fourth-order valence-corrected chi connectivity index (χ4v) is 6.10. The summed E-state index contributed by atoms with van der Waals surface area (Å²) in [4.78, 5) is 43.3. The number of likely N-dealkylation sites (N-methyl/N-ethyl adjacent to an activating group) is 1. The quantitative estimate of drug-likeness (QED) is 0.473. The lowest BCUT2D eigenvalue weighted by Gasteiger charge is -2.59. The maximum absolute atomic E-state index is 15.2. The van der Waals surface area contributed by atoms with E-state index >= 15 is 4.39 Å². The molecule has 2 bridgehead atoms. The van der Waals surface area contributed by atoms with Gasteiger partial charge in [0.25, 0.3) is 0 Å². The molecule has 1 aliphatic carbocycles. The molecular formula is C25H34FN9O4. The van der Waals surface area contributed by atoms with Gasteiger partial charge in [0.1, 0.15) is 12.0 Å². The van der Waals surface area contributed by atoms with E-state index in [-0.39, 0.29) is 24.3 Å². The summed E-state index contributed by atoms with van der Waals surface area (Å²) in [5, 5.41) is 19.2. The predicted molar refractivity (Wildman–Crippen MR) is 138 cm³/mol. The number of nitrogens with zero attached hydrogens (tertiary/aromatic N) is 7. The highest BCUT2D eigenvalue weighted by molar-refractivity contribution is 5.88. The Hall–Kier alpha value is -3.65. The zero-order valence-electron chi connectivity index (χ0n) is 22.0. The van der Waals surface area contributed by atoms with Crippen LogP contribution in [0.4, 0.5) is 19.8 Å². The maximum Gasteiger partial charge on any atom is 0.404 e. The average Bonchev–Trinajstić information content (AvgIpc) is 2.95. The van der Waals surface area contributed by atoms with Crippen LogP contribution in [0.5, 0.6) is 5.88 Å². The molecule has 0 spiro atoms. The number of hydrogen-bond acceptors (Lipinski definition) is 9. The average molecular weight is 544 g/mol. The molecule has 13 nitrogen and oxygen atoms in total. The van der Waals surface area contributed by atoms with Crippen LogP contribution in [-0.2, 0) is 5.41 Å². The van der Waals surface area contributed by atoms with Crippen LogP contribution in [0.3, 0.4) is 0 Å². The normalized spacial score (nSPS) is 29.0. The van der Waals surface area contributed by atoms with E-state index in [0.717, 1.165) is 12.8 Å². The Morgan fingerprint density at radius 2 is 2.03 bits per heavy atom. The molecule has 3 saturated heterocycles. The molecule has 0 aromatic carbocycles. The first-order valence-corrected chi connectivity index (χ1v) is 13.2. The molecule has 1 saturated carbocycles. The van der Waals surface area contributed by atoms with Crippen molar-refractivity contribution in [3.63, 3.8) is 0 Å². The predicted octanol–water partition coefficient (Wildman–Crippen LogP) is 1.90. The Kier molecular flexibility index (Phi) is 7.75. The van der Waals surface area contributed by atoms with E-state index < -0.39 is 29.8 Å². The summed E-state index contributed by atoms with van der Waals surface area (Å²) < 4.78 is 20.5. The summed E-state index contributed by atoms with van der Waals surface area (Å²) in [5.41, 5.74) is -0.605. The molecule has 210 valence electrons. The van der Waals surface area contributed by atoms with E-state index in [1.165, 1.54) is 17.3 Å². The largest absolute Gasteiger partial charge is 0.477 e. The van der Waals surface area contributed by atoms with Gasteiger partial charge in [-0.15, -0.1) is 0 Å². The highest BCUT2D eigenvalue weighted by atomic mass is 19.1. The van der Waals surface area contributed by atoms with Crippen LogP contribution in [0.1, 0.15) is 38.4 Å². The molecule has 5 heterocycles. The molecule has 0 radical (unpaired) electrons. The number of amides is 3. The summed E-state index contributed by atoms with van der Waals surface area (Å²) in [6.45, 7) is 3.60. The number of urea groups is 1. The second kappa shape index (κ2) is 11.2. The van der Waals surface area contributed by atoms with E-state index in [0.29, 0.717) is 44.4 Å². The Morgan fingerprint density at radius 1 is 1.23 bits per heavy atom. The first-order chi connectivity index (χ1) is 18.8. The van der Waals surface area contributed by atoms with Gasteiger partial charge in [0.15, 0.2) is 5.82 Å². The number of aromatic nitrogens is 4. The second-order valence-electron chi connectivity index (χ2n) is 10.3. The van der Waals surface area contributed by atoms with Gasteiger partial charge in [-0.2, -0.15) is 0 Å². The smallest absolute Gasteiger partial charge is 0.404 e. The van der Waals surface area contributed by atoms with E-state index in [4.69, 9.17) is 4.74 Å². The second-order valence-corrected chi connectivity index (χ2v) is 10.3. The first-order valence-electron chi connectivity index (χ1n) is 13.2. The van der Waals surface area contributed by atoms with Crippen LogP contribution in [0.25, 0.3) is 0 Å². The SMILES string of the molecule is CCOc1cnc(NC(=O)N(C)[C@H]2CN(N3CC4(c5ncccn5)CCC3C[C@@H]4NC(=O)O)CC[C@H]2F)cn1. The minimum absolute atomic E-state index is 0.0857. The number of rotatable bonds is 7. The third kappa shape index (κ3) is 5.43. The van der Waals surface area contributed by atoms with Crippen LogP contribution in [0, 0.1) is 0 Å². The van der Waals surface area contributed by atoms with E-state index in [1.807, 2.05) is 6.92 Å². The number of nitrogens with one attached hydrogen (secondary N) is 2. The topological polar surface area (TPSA) is 149 Å². The summed E-state index contributed by atoms with van der Waals surface area (Å²) in [7, 11) is 1.58. The highest BCUT2D eigenvalue weighted by Gasteiger charge is 2.56. The molecule has 2 aromatic heterocycles. The van der Waals surface area contributed by atoms with Crippen molar-refractivity contribution in [2.75, 3.05) is 38.6 Å². The highest BCUT2D eigenvalue weighted by Crippen LogP contribution is 2.46. The van der Waals surface area contributed by atoms with Crippen LogP contribution in [0.15, 0.2) is 30.9 Å². The Bertz CT molecular complexity index is 1160. The minimum Gasteiger partial charge on any atom is -0.477 e. The van der Waals surface area contributed by atoms with Crippen molar-refractivity contribution in [3.05, 3.63) is 36.7 Å². The maximum atomic E-state index is 15.2. The lowest BCUT2D eigenvalue weighted by Crippen LogP contribution is -2.72. The third-order valence-corrected chi connectivity index (χ3v) is 8.09. The lowest BCUT2D eigenvalue weighted by molar-refractivity contribution is -0.159. The number of hydrogen-bond donors (Lipinski definition) is 3. The zero-order valence-corrected chi connectivity index (χ0v) is 22.0. The Morgan fingerprint density at radius 3 is 2.72 bits per heavy atom. The summed E-state index contributed by atoms with van der Waals surface area (Å²) >= 11 is 0. The van der Waals surface area contributed by atoms with Crippen LogP contribution < -0.4 is 15.4 Å². The van der Waals surface area contributed by atoms with Crippen LogP contribution >= 0.6 is 0 Å². The molecule has 3 N–H and O–H groups in total. The van der Waals surface area contributed by atoms with Crippen molar-refractivity contribution in [3.8, 4) is 5.88 Å². The van der Waals surface area contributed by atoms with E-state index in [1.54, 1.807) is 25.5 Å². The summed E-state index contributed by atoms with van der Waals surface area (Å²) in [6.07, 6.45) is 6.34. The molecule has 5 atom stereocenters. The molecule has 39 heavy (non-hydrogen) atoms. The zero-order chi connectivity index (χ0) is 27.6. The molecular weight excluding hydrogens is 509 g/mol. The van der Waals surface area contributed by atoms with E-state index in [2.05, 4.69) is 40.6 Å². The van der Waals surface area contributed by atoms with Gasteiger partial charge in [0.2, 0.25) is 5.88 Å². The number of carbonyl (C=O) groups excluding carboxylic acids is 1. The molecule has 3 amide bonds. The number of piperidine rings is 3. The van der Waals surface area contributed by atoms with Crippen molar-refractivity contribution in [2.45, 2.75) is 62.3 Å². The van der Waals surface area contributed by atoms with Crippen molar-refractivity contribution in [1.29, 1.82) is 0 Å². The van der Waals surface area contributed by atoms with Gasteiger partial charge in [-0.1, -0.05) is 0 Å². The van der Waals surface area contributed by atoms with Crippen LogP contribution in [-0.4, -0.2) is 110 Å². The number of alkyl halides is 1. The van der Waals surface area contributed by atoms with E-state index in [9.17, 15) is 14.7 Å². The number of fused-ring (bicyclic) bond motifs is 3. The number of halogens is 1. The molecule has 14 heteroatoms. The van der Waals surface area contributed by atoms with Gasteiger partial charge < -0.3 is 20.1 Å². The molecule has 2 unspecified atom stereocenters.